The minimum atomic E-state index is -1.09. The quantitative estimate of drug-likeness (QED) is 0.120. The Morgan fingerprint density at radius 2 is 1.58 bits per heavy atom. The van der Waals surface area contributed by atoms with Gasteiger partial charge >= 0.3 is 11.9 Å². The number of aromatic nitrogens is 4. The second-order valence-corrected chi connectivity index (χ2v) is 18.0. The Morgan fingerprint density at radius 1 is 0.855 bits per heavy atom. The molecule has 3 saturated heterocycles. The lowest BCUT2D eigenvalue weighted by atomic mass is 9.88. The van der Waals surface area contributed by atoms with E-state index in [1.54, 1.807) is 30.3 Å². The summed E-state index contributed by atoms with van der Waals surface area (Å²) in [4.78, 5) is 79.8. The van der Waals surface area contributed by atoms with Gasteiger partial charge in [-0.25, -0.2) is 24.7 Å². The fourth-order valence-electron chi connectivity index (χ4n) is 9.17. The maximum atomic E-state index is 13.6. The second kappa shape index (κ2) is 16.9. The maximum Gasteiger partial charge on any atom is 0.345 e. The summed E-state index contributed by atoms with van der Waals surface area (Å²) in [7, 11) is 0. The molecule has 4 aliphatic heterocycles. The van der Waals surface area contributed by atoms with Crippen LogP contribution >= 0.6 is 0 Å². The van der Waals surface area contributed by atoms with Gasteiger partial charge in [-0.15, -0.1) is 0 Å². The lowest BCUT2D eigenvalue weighted by Crippen LogP contribution is -2.45. The van der Waals surface area contributed by atoms with Crippen LogP contribution in [0.2, 0.25) is 0 Å². The predicted octanol–water partition coefficient (Wildman–Crippen LogP) is 5.70. The Bertz CT molecular complexity index is 2560. The van der Waals surface area contributed by atoms with E-state index in [1.807, 2.05) is 12.3 Å². The highest BCUT2D eigenvalue weighted by Gasteiger charge is 2.37. The predicted molar refractivity (Wildman–Crippen MR) is 234 cm³/mol. The van der Waals surface area contributed by atoms with Crippen LogP contribution in [0.15, 0.2) is 60.8 Å². The number of carbonyl (C=O) groups excluding carboxylic acids is 4. The van der Waals surface area contributed by atoms with Gasteiger partial charge in [-0.05, 0) is 98.2 Å². The molecule has 2 N–H and O–H groups in total. The van der Waals surface area contributed by atoms with Crippen LogP contribution in [0.5, 0.6) is 5.75 Å². The molecule has 5 aromatic rings. The minimum absolute atomic E-state index is 0.0312. The largest absolute Gasteiger partial charge is 0.489 e. The molecule has 0 bridgehead atoms. The zero-order valence-corrected chi connectivity index (χ0v) is 35.6. The van der Waals surface area contributed by atoms with Crippen LogP contribution in [0, 0.1) is 0 Å². The third kappa shape index (κ3) is 8.63. The summed E-state index contributed by atoms with van der Waals surface area (Å²) in [6, 6.07) is 15.6. The molecule has 9 rings (SSSR count). The van der Waals surface area contributed by atoms with Crippen LogP contribution in [0.1, 0.15) is 103 Å². The molecule has 0 spiro atoms. The van der Waals surface area contributed by atoms with Crippen molar-refractivity contribution in [3.05, 3.63) is 88.7 Å². The van der Waals surface area contributed by atoms with Gasteiger partial charge in [0.25, 0.3) is 5.91 Å². The Morgan fingerprint density at radius 3 is 2.32 bits per heavy atom. The van der Waals surface area contributed by atoms with Gasteiger partial charge in [-0.1, -0.05) is 26.8 Å². The fourth-order valence-corrected chi connectivity index (χ4v) is 9.17. The zero-order valence-electron chi connectivity index (χ0n) is 35.6. The highest BCUT2D eigenvalue weighted by Crippen LogP contribution is 2.33. The number of anilines is 2. The first-order valence-corrected chi connectivity index (χ1v) is 21.8. The number of hydrogen-bond donors (Lipinski definition) is 1. The first kappa shape index (κ1) is 41.1. The summed E-state index contributed by atoms with van der Waals surface area (Å²) >= 11 is 0. The molecule has 0 radical (unpaired) electrons. The van der Waals surface area contributed by atoms with Crippen molar-refractivity contribution in [3.63, 3.8) is 0 Å². The number of nitrogens with zero attached hydrogens (tertiary/aromatic N) is 8. The standard InChI is InChI=1S/C47H53N9O6/c1-47(2,3)41-36-24-30(9-13-38(36)51-46(52-41)55-19-6-7-20-55)44(60)62-40(57)15-14-39(42(48)58)56-27-32-23-33(10-11-35(32)43(56)59)61-34-16-21-53(28-34)26-29-8-12-37-31(22-29)25-49-45(50-37)54-17-4-5-18-54/h8-13,22-25,34,39H,4-7,14-21,26-28H2,1-3H3,(H2,48,58)/t34-,39-/m0/s1. The van der Waals surface area contributed by atoms with E-state index in [-0.39, 0.29) is 42.4 Å². The molecule has 4 aliphatic rings. The lowest BCUT2D eigenvalue weighted by Gasteiger charge is -2.24. The van der Waals surface area contributed by atoms with Crippen LogP contribution in [-0.2, 0) is 32.8 Å². The second-order valence-electron chi connectivity index (χ2n) is 18.0. The van der Waals surface area contributed by atoms with Crippen molar-refractivity contribution >= 4 is 57.5 Å². The Labute approximate surface area is 360 Å². The zero-order chi connectivity index (χ0) is 43.1. The topological polar surface area (TPSA) is 177 Å². The minimum Gasteiger partial charge on any atom is -0.489 e. The summed E-state index contributed by atoms with van der Waals surface area (Å²) < 4.78 is 11.7. The molecule has 0 aliphatic carbocycles. The molecule has 62 heavy (non-hydrogen) atoms. The van der Waals surface area contributed by atoms with E-state index in [2.05, 4.69) is 58.7 Å². The Kier molecular flexibility index (Phi) is 11.2. The van der Waals surface area contributed by atoms with E-state index in [1.165, 1.54) is 23.3 Å². The Hall–Kier alpha value is -6.22. The number of ether oxygens (including phenoxy) is 2. The molecule has 6 heterocycles. The molecule has 2 aromatic heterocycles. The molecule has 322 valence electrons. The molecule has 3 aromatic carbocycles. The van der Waals surface area contributed by atoms with Crippen molar-refractivity contribution in [2.45, 2.75) is 96.4 Å². The van der Waals surface area contributed by atoms with Crippen LogP contribution in [0.4, 0.5) is 11.9 Å². The SMILES string of the molecule is CC(C)(C)c1nc(N2CCCC2)nc2ccc(C(=O)OC(=O)CC[C@@H](C(N)=O)N3Cc4cc(O[C@H]5CCN(Cc6ccc7nc(N8CCCC8)ncc7c6)C5)ccc4C3=O)cc12. The summed E-state index contributed by atoms with van der Waals surface area (Å²) in [5.41, 5.74) is 10.4. The molecule has 0 unspecified atom stereocenters. The Balaban J connectivity index is 0.788. The maximum absolute atomic E-state index is 13.6. The van der Waals surface area contributed by atoms with Gasteiger partial charge in [0.2, 0.25) is 17.8 Å². The van der Waals surface area contributed by atoms with Gasteiger partial charge in [0.15, 0.2) is 0 Å². The molecule has 15 heteroatoms. The number of carbonyl (C=O) groups is 4. The van der Waals surface area contributed by atoms with Crippen LogP contribution in [0.25, 0.3) is 21.8 Å². The van der Waals surface area contributed by atoms with Crippen LogP contribution in [0.3, 0.4) is 0 Å². The van der Waals surface area contributed by atoms with Gasteiger partial charge in [0.1, 0.15) is 17.9 Å². The van der Waals surface area contributed by atoms with E-state index < -0.39 is 23.9 Å². The number of fused-ring (bicyclic) bond motifs is 3. The smallest absolute Gasteiger partial charge is 0.345 e. The fraction of sp³-hybridized carbons (Fsp3) is 0.447. The van der Waals surface area contributed by atoms with Crippen molar-refractivity contribution in [2.75, 3.05) is 49.1 Å². The monoisotopic (exact) mass is 839 g/mol. The van der Waals surface area contributed by atoms with Crippen molar-refractivity contribution in [2.24, 2.45) is 5.73 Å². The number of nitrogens with two attached hydrogens (primary N) is 1. The lowest BCUT2D eigenvalue weighted by molar-refractivity contribution is -0.138. The van der Waals surface area contributed by atoms with Crippen molar-refractivity contribution in [3.8, 4) is 5.75 Å². The summed E-state index contributed by atoms with van der Waals surface area (Å²) in [6.45, 7) is 12.5. The molecule has 15 nitrogen and oxygen atoms in total. The van der Waals surface area contributed by atoms with Gasteiger partial charge in [0.05, 0.1) is 22.3 Å². The van der Waals surface area contributed by atoms with E-state index in [0.717, 1.165) is 87.6 Å². The van der Waals surface area contributed by atoms with E-state index in [4.69, 9.17) is 30.2 Å². The first-order valence-electron chi connectivity index (χ1n) is 21.8. The molecule has 3 fully saturated rings. The van der Waals surface area contributed by atoms with E-state index in [0.29, 0.717) is 33.7 Å². The number of likely N-dealkylation sites (tertiary alicyclic amines) is 1. The number of amides is 2. The van der Waals surface area contributed by atoms with Gasteiger partial charge in [-0.3, -0.25) is 19.3 Å². The summed E-state index contributed by atoms with van der Waals surface area (Å²) in [5, 5.41) is 1.74. The van der Waals surface area contributed by atoms with E-state index in [9.17, 15) is 19.2 Å². The number of esters is 2. The van der Waals surface area contributed by atoms with Crippen molar-refractivity contribution in [1.82, 2.24) is 29.7 Å². The number of rotatable bonds is 12. The first-order chi connectivity index (χ1) is 29.9. The van der Waals surface area contributed by atoms with E-state index >= 15 is 0 Å². The van der Waals surface area contributed by atoms with Crippen LogP contribution in [-0.4, -0.2) is 105 Å². The normalized spacial score (nSPS) is 18.5. The highest BCUT2D eigenvalue weighted by atomic mass is 16.6. The van der Waals surface area contributed by atoms with Gasteiger partial charge < -0.3 is 29.9 Å². The van der Waals surface area contributed by atoms with Crippen molar-refractivity contribution < 1.29 is 28.7 Å². The molecule has 0 saturated carbocycles. The number of primary amides is 1. The van der Waals surface area contributed by atoms with Gasteiger partial charge in [-0.2, -0.15) is 0 Å². The van der Waals surface area contributed by atoms with Gasteiger partial charge in [0, 0.05) is 86.7 Å². The summed E-state index contributed by atoms with van der Waals surface area (Å²) in [6.07, 6.45) is 6.89. The number of hydrogen-bond acceptors (Lipinski definition) is 13. The molecule has 2 atom stereocenters. The molecular formula is C47H53N9O6. The third-order valence-electron chi connectivity index (χ3n) is 12.4. The molecule has 2 amide bonds. The third-order valence-corrected chi connectivity index (χ3v) is 12.4. The molecular weight excluding hydrogens is 787 g/mol. The average molecular weight is 840 g/mol. The van der Waals surface area contributed by atoms with Crippen molar-refractivity contribution in [1.29, 1.82) is 0 Å². The van der Waals surface area contributed by atoms with Crippen LogP contribution < -0.4 is 20.3 Å². The number of benzene rings is 3. The highest BCUT2D eigenvalue weighted by molar-refractivity contribution is 6.02. The average Bonchev–Trinajstić information content (AvgIpc) is 4.10. The summed E-state index contributed by atoms with van der Waals surface area (Å²) in [5.74, 6) is -0.646.